The number of carbonyl (C=O) groups excluding carboxylic acids is 1. The first-order valence-electron chi connectivity index (χ1n) is 6.88. The number of benzene rings is 2. The number of para-hydroxylation sites is 2. The van der Waals surface area contributed by atoms with E-state index in [0.29, 0.717) is 17.0 Å². The minimum absolute atomic E-state index is 0.120. The maximum absolute atomic E-state index is 11.7. The number of amides is 1. The monoisotopic (exact) mass is 298 g/mol. The predicted molar refractivity (Wildman–Crippen MR) is 85.1 cm³/mol. The molecular weight excluding hydrogens is 280 g/mol. The van der Waals surface area contributed by atoms with Crippen molar-refractivity contribution >= 4 is 11.6 Å². The van der Waals surface area contributed by atoms with E-state index < -0.39 is 0 Å². The summed E-state index contributed by atoms with van der Waals surface area (Å²) in [5, 5.41) is 13.7. The molecule has 0 unspecified atom stereocenters. The van der Waals surface area contributed by atoms with E-state index in [1.54, 1.807) is 37.3 Å². The minimum Gasteiger partial charge on any atom is -0.507 e. The molecule has 1 amide bonds. The molecule has 0 aliphatic carbocycles. The lowest BCUT2D eigenvalue weighted by Crippen LogP contribution is -2.25. The first-order chi connectivity index (χ1) is 10.6. The number of nitrogens with one attached hydrogen (secondary N) is 1. The Bertz CT molecular complexity index is 696. The fourth-order valence-electron chi connectivity index (χ4n) is 1.88. The average molecular weight is 298 g/mol. The Morgan fingerprint density at radius 2 is 1.86 bits per heavy atom. The van der Waals surface area contributed by atoms with Crippen LogP contribution < -0.4 is 10.2 Å². The number of hydrogen-bond donors (Lipinski definition) is 2. The smallest absolute Gasteiger partial charge is 0.277 e. The van der Waals surface area contributed by atoms with Crippen molar-refractivity contribution in [2.24, 2.45) is 5.10 Å². The predicted octanol–water partition coefficient (Wildman–Crippen LogP) is 2.62. The van der Waals surface area contributed by atoms with Crippen molar-refractivity contribution in [3.05, 3.63) is 59.7 Å². The number of phenolic OH excluding ortho intramolecular Hbond substituents is 1. The molecule has 0 bridgehead atoms. The molecule has 5 nitrogen and oxygen atoms in total. The number of phenols is 1. The SMILES string of the molecule is CC(=NNC(=O)COc1ccccc1C)c1ccccc1O. The number of ether oxygens (including phenoxy) is 1. The van der Waals surface area contributed by atoms with Gasteiger partial charge in [0.05, 0.1) is 5.71 Å². The van der Waals surface area contributed by atoms with Crippen LogP contribution in [0, 0.1) is 6.92 Å². The number of aryl methyl sites for hydroxylation is 1. The number of nitrogens with zero attached hydrogens (tertiary/aromatic N) is 1. The summed E-state index contributed by atoms with van der Waals surface area (Å²) in [6.07, 6.45) is 0. The van der Waals surface area contributed by atoms with Gasteiger partial charge in [-0.25, -0.2) is 5.43 Å². The van der Waals surface area contributed by atoms with Gasteiger partial charge in [0, 0.05) is 5.56 Å². The van der Waals surface area contributed by atoms with Crippen molar-refractivity contribution in [3.8, 4) is 11.5 Å². The second kappa shape index (κ2) is 7.26. The van der Waals surface area contributed by atoms with Crippen molar-refractivity contribution in [2.45, 2.75) is 13.8 Å². The topological polar surface area (TPSA) is 70.9 Å². The van der Waals surface area contributed by atoms with Crippen LogP contribution in [0.5, 0.6) is 11.5 Å². The number of hydrazone groups is 1. The van der Waals surface area contributed by atoms with Gasteiger partial charge in [-0.05, 0) is 37.6 Å². The zero-order valence-electron chi connectivity index (χ0n) is 12.5. The van der Waals surface area contributed by atoms with Crippen LogP contribution in [0.15, 0.2) is 53.6 Å². The Labute approximate surface area is 129 Å². The van der Waals surface area contributed by atoms with Gasteiger partial charge in [-0.3, -0.25) is 4.79 Å². The summed E-state index contributed by atoms with van der Waals surface area (Å²) >= 11 is 0. The molecule has 0 aliphatic rings. The lowest BCUT2D eigenvalue weighted by Gasteiger charge is -2.08. The Balaban J connectivity index is 1.91. The lowest BCUT2D eigenvalue weighted by molar-refractivity contribution is -0.123. The molecule has 0 aromatic heterocycles. The molecule has 0 fully saturated rings. The summed E-state index contributed by atoms with van der Waals surface area (Å²) in [5.41, 5.74) is 4.46. The molecule has 2 N–H and O–H groups in total. The second-order valence-electron chi connectivity index (χ2n) is 4.80. The highest BCUT2D eigenvalue weighted by atomic mass is 16.5. The van der Waals surface area contributed by atoms with Crippen LogP contribution in [0.1, 0.15) is 18.1 Å². The maximum atomic E-state index is 11.7. The van der Waals surface area contributed by atoms with Crippen molar-refractivity contribution in [2.75, 3.05) is 6.61 Å². The summed E-state index contributed by atoms with van der Waals surface area (Å²) in [4.78, 5) is 11.7. The standard InChI is InChI=1S/C17H18N2O3/c1-12-7-3-6-10-16(12)22-11-17(21)19-18-13(2)14-8-4-5-9-15(14)20/h3-10,20H,11H2,1-2H3,(H,19,21). The molecule has 2 aromatic rings. The fraction of sp³-hybridized carbons (Fsp3) is 0.176. The van der Waals surface area contributed by atoms with Crippen molar-refractivity contribution in [3.63, 3.8) is 0 Å². The molecule has 0 heterocycles. The highest BCUT2D eigenvalue weighted by molar-refractivity contribution is 6.01. The largest absolute Gasteiger partial charge is 0.507 e. The molecule has 5 heteroatoms. The second-order valence-corrected chi connectivity index (χ2v) is 4.80. The van der Waals surface area contributed by atoms with E-state index in [1.165, 1.54) is 0 Å². The van der Waals surface area contributed by atoms with Gasteiger partial charge in [-0.1, -0.05) is 30.3 Å². The van der Waals surface area contributed by atoms with Crippen LogP contribution >= 0.6 is 0 Å². The van der Waals surface area contributed by atoms with E-state index in [9.17, 15) is 9.90 Å². The van der Waals surface area contributed by atoms with Gasteiger partial charge in [0.2, 0.25) is 0 Å². The van der Waals surface area contributed by atoms with Gasteiger partial charge in [-0.15, -0.1) is 0 Å². The summed E-state index contributed by atoms with van der Waals surface area (Å²) in [7, 11) is 0. The number of aromatic hydroxyl groups is 1. The molecule has 2 rings (SSSR count). The van der Waals surface area contributed by atoms with E-state index in [0.717, 1.165) is 5.56 Å². The van der Waals surface area contributed by atoms with Crippen LogP contribution in [0.4, 0.5) is 0 Å². The minimum atomic E-state index is -0.363. The lowest BCUT2D eigenvalue weighted by atomic mass is 10.1. The average Bonchev–Trinajstić information content (AvgIpc) is 2.52. The normalized spacial score (nSPS) is 11.1. The molecule has 0 saturated carbocycles. The third-order valence-corrected chi connectivity index (χ3v) is 3.09. The van der Waals surface area contributed by atoms with Crippen LogP contribution in [-0.2, 0) is 4.79 Å². The Morgan fingerprint density at radius 3 is 2.59 bits per heavy atom. The number of hydrogen-bond acceptors (Lipinski definition) is 4. The van der Waals surface area contributed by atoms with Gasteiger partial charge in [0.25, 0.3) is 5.91 Å². The van der Waals surface area contributed by atoms with E-state index in [1.807, 2.05) is 25.1 Å². The third kappa shape index (κ3) is 4.09. The zero-order valence-corrected chi connectivity index (χ0v) is 12.5. The van der Waals surface area contributed by atoms with Gasteiger partial charge in [0.15, 0.2) is 6.61 Å². The van der Waals surface area contributed by atoms with Gasteiger partial charge in [0.1, 0.15) is 11.5 Å². The quantitative estimate of drug-likeness (QED) is 0.658. The summed E-state index contributed by atoms with van der Waals surface area (Å²) < 4.78 is 5.43. The van der Waals surface area contributed by atoms with Crippen LogP contribution in [0.2, 0.25) is 0 Å². The summed E-state index contributed by atoms with van der Waals surface area (Å²) in [5.74, 6) is 0.422. The molecular formula is C17H18N2O3. The molecule has 0 aliphatic heterocycles. The summed E-state index contributed by atoms with van der Waals surface area (Å²) in [6.45, 7) is 3.49. The number of rotatable bonds is 5. The first-order valence-corrected chi connectivity index (χ1v) is 6.88. The molecule has 22 heavy (non-hydrogen) atoms. The van der Waals surface area contributed by atoms with Crippen LogP contribution in [0.25, 0.3) is 0 Å². The maximum Gasteiger partial charge on any atom is 0.277 e. The molecule has 114 valence electrons. The molecule has 0 saturated heterocycles. The van der Waals surface area contributed by atoms with Gasteiger partial charge >= 0.3 is 0 Å². The summed E-state index contributed by atoms with van der Waals surface area (Å²) in [6, 6.07) is 14.3. The van der Waals surface area contributed by atoms with Crippen molar-refractivity contribution < 1.29 is 14.6 Å². The highest BCUT2D eigenvalue weighted by Crippen LogP contribution is 2.17. The van der Waals surface area contributed by atoms with E-state index >= 15 is 0 Å². The molecule has 2 aromatic carbocycles. The van der Waals surface area contributed by atoms with Crippen LogP contribution in [-0.4, -0.2) is 23.3 Å². The van der Waals surface area contributed by atoms with Crippen molar-refractivity contribution in [1.82, 2.24) is 5.43 Å². The molecule has 0 radical (unpaired) electrons. The van der Waals surface area contributed by atoms with Gasteiger partial charge in [-0.2, -0.15) is 5.10 Å². The van der Waals surface area contributed by atoms with Crippen LogP contribution in [0.3, 0.4) is 0 Å². The van der Waals surface area contributed by atoms with Crippen molar-refractivity contribution in [1.29, 1.82) is 0 Å². The Kier molecular flexibility index (Phi) is 5.14. The third-order valence-electron chi connectivity index (χ3n) is 3.09. The van der Waals surface area contributed by atoms with E-state index in [2.05, 4.69) is 10.5 Å². The van der Waals surface area contributed by atoms with Gasteiger partial charge < -0.3 is 9.84 Å². The number of carbonyl (C=O) groups is 1. The van der Waals surface area contributed by atoms with E-state index in [4.69, 9.17) is 4.74 Å². The Morgan fingerprint density at radius 1 is 1.18 bits per heavy atom. The first kappa shape index (κ1) is 15.6. The molecule has 0 spiro atoms. The zero-order chi connectivity index (χ0) is 15.9. The molecule has 0 atom stereocenters. The Hall–Kier alpha value is -2.82. The van der Waals surface area contributed by atoms with E-state index in [-0.39, 0.29) is 18.3 Å². The highest BCUT2D eigenvalue weighted by Gasteiger charge is 2.06. The fourth-order valence-corrected chi connectivity index (χ4v) is 1.88.